The van der Waals surface area contributed by atoms with Crippen molar-refractivity contribution in [3.8, 4) is 0 Å². The number of hydrogen-bond acceptors (Lipinski definition) is 6. The van der Waals surface area contributed by atoms with Crippen LogP contribution in [0.25, 0.3) is 0 Å². The van der Waals surface area contributed by atoms with Crippen molar-refractivity contribution in [3.05, 3.63) is 42.4 Å². The van der Waals surface area contributed by atoms with Gasteiger partial charge in [-0.3, -0.25) is 19.0 Å². The second kappa shape index (κ2) is 13.0. The van der Waals surface area contributed by atoms with Gasteiger partial charge in [0.25, 0.3) is 11.9 Å². The first-order chi connectivity index (χ1) is 19.1. The summed E-state index contributed by atoms with van der Waals surface area (Å²) in [6.07, 6.45) is -3.21. The molecule has 16 heteroatoms. The third kappa shape index (κ3) is 8.47. The molecule has 2 heterocycles. The Morgan fingerprint density at radius 1 is 1.24 bits per heavy atom. The first-order valence-electron chi connectivity index (χ1n) is 12.9. The van der Waals surface area contributed by atoms with Gasteiger partial charge in [-0.25, -0.2) is 8.78 Å². The number of hydrogen-bond donors (Lipinski definition) is 3. The molecule has 1 aliphatic rings. The van der Waals surface area contributed by atoms with Crippen molar-refractivity contribution in [2.75, 3.05) is 25.6 Å². The molecule has 0 bridgehead atoms. The smallest absolute Gasteiger partial charge is 0.382 e. The number of rotatable bonds is 12. The van der Waals surface area contributed by atoms with Crippen molar-refractivity contribution in [2.45, 2.75) is 69.8 Å². The highest BCUT2D eigenvalue weighted by Crippen LogP contribution is 2.38. The summed E-state index contributed by atoms with van der Waals surface area (Å²) in [7, 11) is 1.28. The average molecular weight is 594 g/mol. The average Bonchev–Trinajstić information content (AvgIpc) is 3.51. The lowest BCUT2D eigenvalue weighted by Crippen LogP contribution is -2.50. The van der Waals surface area contributed by atoms with E-state index in [4.69, 9.17) is 4.74 Å². The minimum absolute atomic E-state index is 0.0723. The van der Waals surface area contributed by atoms with E-state index in [1.54, 1.807) is 13.8 Å². The topological polar surface area (TPSA) is 115 Å². The summed E-state index contributed by atoms with van der Waals surface area (Å²) in [5.41, 5.74) is -0.461. The SMILES string of the molecule is C=C(NCC(F)(F)F)C(COC)n1cc(NC(=O)C(NC(=O)c2ccnn2C(C)C)C2CCC(F)(F)CC2)c(F)n1. The van der Waals surface area contributed by atoms with Crippen LogP contribution >= 0.6 is 0 Å². The van der Waals surface area contributed by atoms with Gasteiger partial charge in [0.2, 0.25) is 11.8 Å². The van der Waals surface area contributed by atoms with Gasteiger partial charge >= 0.3 is 6.18 Å². The Hall–Kier alpha value is -3.56. The molecular weight excluding hydrogens is 560 g/mol. The number of nitrogens with one attached hydrogen (secondary N) is 3. The van der Waals surface area contributed by atoms with Gasteiger partial charge in [-0.1, -0.05) is 6.58 Å². The van der Waals surface area contributed by atoms with Gasteiger partial charge in [0.15, 0.2) is 0 Å². The van der Waals surface area contributed by atoms with Crippen molar-refractivity contribution >= 4 is 17.5 Å². The van der Waals surface area contributed by atoms with E-state index < -0.39 is 72.9 Å². The molecule has 1 aliphatic carbocycles. The van der Waals surface area contributed by atoms with Crippen molar-refractivity contribution in [3.63, 3.8) is 0 Å². The summed E-state index contributed by atoms with van der Waals surface area (Å²) >= 11 is 0. The van der Waals surface area contributed by atoms with Crippen molar-refractivity contribution < 1.29 is 40.7 Å². The molecule has 2 atom stereocenters. The van der Waals surface area contributed by atoms with Gasteiger partial charge in [0.05, 0.1) is 12.8 Å². The first kappa shape index (κ1) is 32.0. The first-order valence-corrected chi connectivity index (χ1v) is 12.9. The van der Waals surface area contributed by atoms with E-state index in [-0.39, 0.29) is 36.9 Å². The highest BCUT2D eigenvalue weighted by Gasteiger charge is 2.41. The van der Waals surface area contributed by atoms with Crippen LogP contribution in [0.2, 0.25) is 0 Å². The Labute approximate surface area is 232 Å². The number of aromatic nitrogens is 4. The fourth-order valence-corrected chi connectivity index (χ4v) is 4.56. The molecule has 0 saturated heterocycles. The Kier molecular flexibility index (Phi) is 10.1. The third-order valence-corrected chi connectivity index (χ3v) is 6.70. The summed E-state index contributed by atoms with van der Waals surface area (Å²) in [6, 6.07) is -1.13. The lowest BCUT2D eigenvalue weighted by atomic mass is 9.81. The molecule has 1 fully saturated rings. The molecule has 0 radical (unpaired) electrons. The van der Waals surface area contributed by atoms with Crippen LogP contribution in [-0.2, 0) is 9.53 Å². The summed E-state index contributed by atoms with van der Waals surface area (Å²) in [5.74, 6) is -6.29. The fourth-order valence-electron chi connectivity index (χ4n) is 4.56. The highest BCUT2D eigenvalue weighted by molar-refractivity contribution is 6.00. The molecule has 1 saturated carbocycles. The molecule has 0 aliphatic heterocycles. The summed E-state index contributed by atoms with van der Waals surface area (Å²) < 4.78 is 87.9. The van der Waals surface area contributed by atoms with E-state index in [1.165, 1.54) is 24.1 Å². The molecule has 41 heavy (non-hydrogen) atoms. The number of alkyl halides is 5. The molecule has 0 spiro atoms. The maximum Gasteiger partial charge on any atom is 0.405 e. The largest absolute Gasteiger partial charge is 0.405 e. The molecule has 2 amide bonds. The van der Waals surface area contributed by atoms with Gasteiger partial charge in [-0.05, 0) is 38.7 Å². The minimum Gasteiger partial charge on any atom is -0.382 e. The number of methoxy groups -OCH3 is 1. The predicted octanol–water partition coefficient (Wildman–Crippen LogP) is 4.22. The van der Waals surface area contributed by atoms with Crippen LogP contribution in [0, 0.1) is 11.9 Å². The van der Waals surface area contributed by atoms with Crippen molar-refractivity contribution in [1.82, 2.24) is 30.2 Å². The van der Waals surface area contributed by atoms with Crippen LogP contribution in [0.1, 0.15) is 62.1 Å². The molecule has 2 unspecified atom stereocenters. The van der Waals surface area contributed by atoms with Crippen molar-refractivity contribution in [1.29, 1.82) is 0 Å². The molecule has 2 aromatic heterocycles. The Bertz CT molecular complexity index is 1220. The molecule has 10 nitrogen and oxygen atoms in total. The molecule has 3 rings (SSSR count). The van der Waals surface area contributed by atoms with Gasteiger partial charge in [-0.15, -0.1) is 5.10 Å². The summed E-state index contributed by atoms with van der Waals surface area (Å²) in [5, 5.41) is 14.8. The highest BCUT2D eigenvalue weighted by atomic mass is 19.4. The Morgan fingerprint density at radius 2 is 1.90 bits per heavy atom. The number of anilines is 1. The summed E-state index contributed by atoms with van der Waals surface area (Å²) in [4.78, 5) is 26.5. The molecule has 3 N–H and O–H groups in total. The molecule has 228 valence electrons. The van der Waals surface area contributed by atoms with E-state index >= 15 is 0 Å². The van der Waals surface area contributed by atoms with Gasteiger partial charge < -0.3 is 20.7 Å². The number of nitrogens with zero attached hydrogens (tertiary/aromatic N) is 4. The van der Waals surface area contributed by atoms with Gasteiger partial charge in [-0.2, -0.15) is 22.7 Å². The summed E-state index contributed by atoms with van der Waals surface area (Å²) in [6.45, 7) is 5.52. The van der Waals surface area contributed by atoms with E-state index in [0.717, 1.165) is 10.9 Å². The Morgan fingerprint density at radius 3 is 2.49 bits per heavy atom. The van der Waals surface area contributed by atoms with E-state index in [2.05, 4.69) is 32.7 Å². The standard InChI is InChI=1S/C25H33F6N7O3/c1-14(2)38-18(7-10-33-38)22(39)35-20(16-5-8-24(27,28)9-6-16)23(40)34-17-11-37(36-21(17)26)19(12-41-4)15(3)32-13-25(29,30)31/h7,10-11,14,16,19-20,32H,3,5-6,8-9,12-13H2,1-2,4H3,(H,34,40)(H,35,39). The lowest BCUT2D eigenvalue weighted by molar-refractivity contribution is -0.123. The van der Waals surface area contributed by atoms with Gasteiger partial charge in [0.1, 0.15) is 30.0 Å². The monoisotopic (exact) mass is 593 g/mol. The third-order valence-electron chi connectivity index (χ3n) is 6.70. The van der Waals surface area contributed by atoms with Crippen LogP contribution < -0.4 is 16.0 Å². The zero-order valence-electron chi connectivity index (χ0n) is 22.8. The second-order valence-electron chi connectivity index (χ2n) is 10.2. The number of carbonyl (C=O) groups excluding carboxylic acids is 2. The molecule has 0 aromatic carbocycles. The number of amides is 2. The van der Waals surface area contributed by atoms with Crippen LogP contribution in [0.5, 0.6) is 0 Å². The molecular formula is C25H33F6N7O3. The van der Waals surface area contributed by atoms with Gasteiger partial charge in [0, 0.05) is 37.9 Å². The van der Waals surface area contributed by atoms with Crippen LogP contribution in [0.15, 0.2) is 30.7 Å². The molecule has 2 aromatic rings. The maximum absolute atomic E-state index is 14.8. The quantitative estimate of drug-likeness (QED) is 0.318. The number of carbonyl (C=O) groups is 2. The van der Waals surface area contributed by atoms with E-state index in [0.29, 0.717) is 0 Å². The zero-order valence-corrected chi connectivity index (χ0v) is 22.8. The maximum atomic E-state index is 14.8. The van der Waals surface area contributed by atoms with Crippen LogP contribution in [-0.4, -0.2) is 69.8 Å². The van der Waals surface area contributed by atoms with Crippen molar-refractivity contribution in [2.24, 2.45) is 5.92 Å². The minimum atomic E-state index is -4.54. The van der Waals surface area contributed by atoms with Crippen LogP contribution in [0.4, 0.5) is 32.0 Å². The second-order valence-corrected chi connectivity index (χ2v) is 10.2. The number of halogens is 6. The predicted molar refractivity (Wildman–Crippen MR) is 136 cm³/mol. The Balaban J connectivity index is 1.83. The normalized spacial score (nSPS) is 17.2. The number of ether oxygens (including phenoxy) is 1. The fraction of sp³-hybridized carbons (Fsp3) is 0.600. The lowest BCUT2D eigenvalue weighted by Gasteiger charge is -2.33. The zero-order chi connectivity index (χ0) is 30.5. The van der Waals surface area contributed by atoms with E-state index in [9.17, 15) is 35.9 Å². The van der Waals surface area contributed by atoms with Crippen LogP contribution in [0.3, 0.4) is 0 Å². The van der Waals surface area contributed by atoms with E-state index in [1.807, 2.05) is 0 Å².